The second-order valence-electron chi connectivity index (χ2n) is 3.32. The maximum atomic E-state index is 11.5. The van der Waals surface area contributed by atoms with Gasteiger partial charge in [-0.3, -0.25) is 14.3 Å². The van der Waals surface area contributed by atoms with Crippen LogP contribution in [-0.4, -0.2) is 22.6 Å². The molecule has 0 aliphatic carbocycles. The predicted molar refractivity (Wildman–Crippen MR) is 61.2 cm³/mol. The Kier molecular flexibility index (Phi) is 3.00. The third-order valence-corrected chi connectivity index (χ3v) is 2.29. The fourth-order valence-electron chi connectivity index (χ4n) is 1.44. The van der Waals surface area contributed by atoms with E-state index in [9.17, 15) is 9.59 Å². The van der Waals surface area contributed by atoms with Crippen LogP contribution in [0.2, 0.25) is 0 Å². The minimum absolute atomic E-state index is 0.224. The molecule has 5 heteroatoms. The van der Waals surface area contributed by atoms with Gasteiger partial charge < -0.3 is 4.74 Å². The number of aromatic nitrogens is 2. The molecule has 86 valence electrons. The molecular formula is C12H10N2O3. The molecule has 0 saturated carbocycles. The number of hydrogen-bond acceptors (Lipinski definition) is 4. The average Bonchev–Trinajstić information content (AvgIpc) is 2.39. The lowest BCUT2D eigenvalue weighted by Crippen LogP contribution is -2.16. The molecule has 17 heavy (non-hydrogen) atoms. The SMILES string of the molecule is COC(=O)c1ccc(-n2ccncc2=O)cc1. The summed E-state index contributed by atoms with van der Waals surface area (Å²) in [5.41, 5.74) is 0.890. The van der Waals surface area contributed by atoms with Crippen molar-refractivity contribution in [3.05, 3.63) is 58.8 Å². The number of rotatable bonds is 2. The van der Waals surface area contributed by atoms with Crippen LogP contribution in [0, 0.1) is 0 Å². The second-order valence-corrected chi connectivity index (χ2v) is 3.32. The molecule has 1 heterocycles. The highest BCUT2D eigenvalue weighted by Gasteiger charge is 2.05. The minimum atomic E-state index is -0.404. The van der Waals surface area contributed by atoms with Gasteiger partial charge in [-0.05, 0) is 24.3 Å². The van der Waals surface area contributed by atoms with Gasteiger partial charge in [0.1, 0.15) is 0 Å². The van der Waals surface area contributed by atoms with E-state index in [4.69, 9.17) is 0 Å². The van der Waals surface area contributed by atoms with Gasteiger partial charge in [0.05, 0.1) is 18.9 Å². The molecular weight excluding hydrogens is 220 g/mol. The van der Waals surface area contributed by atoms with Gasteiger partial charge in [0, 0.05) is 18.1 Å². The van der Waals surface area contributed by atoms with E-state index in [0.29, 0.717) is 11.3 Å². The number of ether oxygens (including phenoxy) is 1. The highest BCUT2D eigenvalue weighted by atomic mass is 16.5. The van der Waals surface area contributed by atoms with Gasteiger partial charge >= 0.3 is 5.97 Å². The molecule has 0 unspecified atom stereocenters. The molecule has 0 spiro atoms. The summed E-state index contributed by atoms with van der Waals surface area (Å²) in [4.78, 5) is 26.5. The Hall–Kier alpha value is -2.43. The third-order valence-electron chi connectivity index (χ3n) is 2.29. The van der Waals surface area contributed by atoms with Crippen molar-refractivity contribution in [2.45, 2.75) is 0 Å². The van der Waals surface area contributed by atoms with Crippen LogP contribution in [0.15, 0.2) is 47.7 Å². The van der Waals surface area contributed by atoms with Crippen molar-refractivity contribution >= 4 is 5.97 Å². The van der Waals surface area contributed by atoms with E-state index in [0.717, 1.165) is 0 Å². The van der Waals surface area contributed by atoms with E-state index >= 15 is 0 Å². The van der Waals surface area contributed by atoms with E-state index in [2.05, 4.69) is 9.72 Å². The van der Waals surface area contributed by atoms with Crippen molar-refractivity contribution in [3.8, 4) is 5.69 Å². The van der Waals surface area contributed by atoms with Crippen molar-refractivity contribution < 1.29 is 9.53 Å². The number of carbonyl (C=O) groups is 1. The van der Waals surface area contributed by atoms with Crippen LogP contribution in [0.4, 0.5) is 0 Å². The van der Waals surface area contributed by atoms with Crippen molar-refractivity contribution in [2.24, 2.45) is 0 Å². The molecule has 1 aromatic heterocycles. The zero-order valence-electron chi connectivity index (χ0n) is 9.16. The van der Waals surface area contributed by atoms with Crippen molar-refractivity contribution in [2.75, 3.05) is 7.11 Å². The maximum absolute atomic E-state index is 11.5. The quantitative estimate of drug-likeness (QED) is 0.722. The lowest BCUT2D eigenvalue weighted by Gasteiger charge is -2.05. The van der Waals surface area contributed by atoms with Crippen LogP contribution in [0.25, 0.3) is 5.69 Å². The Labute approximate surface area is 97.3 Å². The van der Waals surface area contributed by atoms with E-state index in [-0.39, 0.29) is 5.56 Å². The first-order valence-corrected chi connectivity index (χ1v) is 4.94. The van der Waals surface area contributed by atoms with Gasteiger partial charge in [-0.2, -0.15) is 0 Å². The topological polar surface area (TPSA) is 61.2 Å². The first-order valence-electron chi connectivity index (χ1n) is 4.94. The molecule has 0 saturated heterocycles. The summed E-state index contributed by atoms with van der Waals surface area (Å²) >= 11 is 0. The Morgan fingerprint density at radius 1 is 1.29 bits per heavy atom. The Morgan fingerprint density at radius 2 is 2.00 bits per heavy atom. The summed E-state index contributed by atoms with van der Waals surface area (Å²) in [6, 6.07) is 6.56. The summed E-state index contributed by atoms with van der Waals surface area (Å²) in [5.74, 6) is -0.404. The fraction of sp³-hybridized carbons (Fsp3) is 0.0833. The largest absolute Gasteiger partial charge is 0.465 e. The molecule has 1 aromatic carbocycles. The highest BCUT2D eigenvalue weighted by Crippen LogP contribution is 2.08. The standard InChI is InChI=1S/C12H10N2O3/c1-17-12(16)9-2-4-10(5-3-9)14-7-6-13-8-11(14)15/h2-8H,1H3. The number of nitrogens with zero attached hydrogens (tertiary/aromatic N) is 2. The smallest absolute Gasteiger partial charge is 0.337 e. The van der Waals surface area contributed by atoms with Crippen molar-refractivity contribution in [1.29, 1.82) is 0 Å². The molecule has 0 radical (unpaired) electrons. The van der Waals surface area contributed by atoms with E-state index in [1.54, 1.807) is 30.5 Å². The summed E-state index contributed by atoms with van der Waals surface area (Å²) in [5, 5.41) is 0. The lowest BCUT2D eigenvalue weighted by molar-refractivity contribution is 0.0601. The highest BCUT2D eigenvalue weighted by molar-refractivity contribution is 5.89. The van der Waals surface area contributed by atoms with Crippen molar-refractivity contribution in [1.82, 2.24) is 9.55 Å². The van der Waals surface area contributed by atoms with Crippen LogP contribution < -0.4 is 5.56 Å². The molecule has 0 amide bonds. The summed E-state index contributed by atoms with van der Waals surface area (Å²) in [7, 11) is 1.32. The summed E-state index contributed by atoms with van der Waals surface area (Å²) in [6.07, 6.45) is 4.32. The Morgan fingerprint density at radius 3 is 2.59 bits per heavy atom. The normalized spacial score (nSPS) is 9.94. The molecule has 0 aliphatic heterocycles. The Balaban J connectivity index is 2.40. The second kappa shape index (κ2) is 4.61. The lowest BCUT2D eigenvalue weighted by atomic mass is 10.2. The molecule has 2 rings (SSSR count). The van der Waals surface area contributed by atoms with Crippen LogP contribution in [0.1, 0.15) is 10.4 Å². The minimum Gasteiger partial charge on any atom is -0.465 e. The predicted octanol–water partition coefficient (Wildman–Crippen LogP) is 1.02. The number of benzene rings is 1. The van der Waals surface area contributed by atoms with E-state index in [1.165, 1.54) is 24.1 Å². The monoisotopic (exact) mass is 230 g/mol. The summed E-state index contributed by atoms with van der Waals surface area (Å²) < 4.78 is 6.03. The van der Waals surface area contributed by atoms with Crippen molar-refractivity contribution in [3.63, 3.8) is 0 Å². The zero-order chi connectivity index (χ0) is 12.3. The van der Waals surface area contributed by atoms with Gasteiger partial charge in [-0.25, -0.2) is 4.79 Å². The molecule has 0 fully saturated rings. The molecule has 0 N–H and O–H groups in total. The number of hydrogen-bond donors (Lipinski definition) is 0. The van der Waals surface area contributed by atoms with E-state index in [1.807, 2.05) is 0 Å². The maximum Gasteiger partial charge on any atom is 0.337 e. The number of carbonyl (C=O) groups excluding carboxylic acids is 1. The van der Waals surface area contributed by atoms with Gasteiger partial charge in [0.25, 0.3) is 5.56 Å². The average molecular weight is 230 g/mol. The van der Waals surface area contributed by atoms with Gasteiger partial charge in [-0.1, -0.05) is 0 Å². The summed E-state index contributed by atoms with van der Waals surface area (Å²) in [6.45, 7) is 0. The van der Waals surface area contributed by atoms with Crippen LogP contribution in [-0.2, 0) is 4.74 Å². The molecule has 0 atom stereocenters. The van der Waals surface area contributed by atoms with Crippen LogP contribution >= 0.6 is 0 Å². The van der Waals surface area contributed by atoms with Crippen LogP contribution in [0.3, 0.4) is 0 Å². The van der Waals surface area contributed by atoms with Crippen LogP contribution in [0.5, 0.6) is 0 Å². The van der Waals surface area contributed by atoms with Gasteiger partial charge in [0.15, 0.2) is 0 Å². The Bertz CT molecular complexity index is 587. The first-order chi connectivity index (χ1) is 8.22. The molecule has 2 aromatic rings. The molecule has 5 nitrogen and oxygen atoms in total. The third kappa shape index (κ3) is 2.23. The first kappa shape index (κ1) is 11.1. The zero-order valence-corrected chi connectivity index (χ0v) is 9.16. The van der Waals surface area contributed by atoms with Gasteiger partial charge in [-0.15, -0.1) is 0 Å². The molecule has 0 aliphatic rings. The van der Waals surface area contributed by atoms with E-state index < -0.39 is 5.97 Å². The van der Waals surface area contributed by atoms with Gasteiger partial charge in [0.2, 0.25) is 0 Å². The fourth-order valence-corrected chi connectivity index (χ4v) is 1.44. The number of methoxy groups -OCH3 is 1. The molecule has 0 bridgehead atoms. The number of esters is 1.